The monoisotopic (exact) mass is 380 g/mol. The highest BCUT2D eigenvalue weighted by atomic mass is 16.5. The summed E-state index contributed by atoms with van der Waals surface area (Å²) in [5.41, 5.74) is 3.67. The summed E-state index contributed by atoms with van der Waals surface area (Å²) in [5, 5.41) is 1.03. The van der Waals surface area contributed by atoms with Crippen molar-refractivity contribution in [1.29, 1.82) is 0 Å². The third-order valence-corrected chi connectivity index (χ3v) is 5.33. The highest BCUT2D eigenvalue weighted by Gasteiger charge is 2.25. The minimum absolute atomic E-state index is 0.283. The van der Waals surface area contributed by atoms with Crippen LogP contribution in [0.2, 0.25) is 0 Å². The SMILES string of the molecule is CCCCc1cc(=O)oc2c3c(ccc12)OC[NH+](Cc1ccc(OC)cc1)C3. The van der Waals surface area contributed by atoms with E-state index in [1.54, 1.807) is 13.2 Å². The number of aryl methyl sites for hydroxylation is 1. The summed E-state index contributed by atoms with van der Waals surface area (Å²) < 4.78 is 16.9. The van der Waals surface area contributed by atoms with Crippen molar-refractivity contribution in [1.82, 2.24) is 0 Å². The van der Waals surface area contributed by atoms with Gasteiger partial charge in [0.2, 0.25) is 6.73 Å². The Bertz CT molecular complexity index is 1020. The summed E-state index contributed by atoms with van der Waals surface area (Å²) >= 11 is 0. The van der Waals surface area contributed by atoms with Crippen molar-refractivity contribution >= 4 is 11.0 Å². The molecule has 146 valence electrons. The van der Waals surface area contributed by atoms with Crippen LogP contribution in [-0.4, -0.2) is 13.8 Å². The Morgan fingerprint density at radius 1 is 1.14 bits per heavy atom. The molecule has 28 heavy (non-hydrogen) atoms. The van der Waals surface area contributed by atoms with Crippen LogP contribution in [0.15, 0.2) is 51.7 Å². The molecule has 2 heterocycles. The molecule has 1 atom stereocenters. The molecule has 0 bridgehead atoms. The van der Waals surface area contributed by atoms with Crippen LogP contribution in [0.4, 0.5) is 0 Å². The molecule has 0 radical (unpaired) electrons. The van der Waals surface area contributed by atoms with Gasteiger partial charge in [-0.25, -0.2) is 4.79 Å². The molecule has 5 heteroatoms. The van der Waals surface area contributed by atoms with Crippen LogP contribution in [-0.2, 0) is 19.5 Å². The first kappa shape index (κ1) is 18.6. The maximum Gasteiger partial charge on any atom is 0.336 e. The molecule has 2 aromatic carbocycles. The minimum Gasteiger partial charge on any atom is -0.497 e. The molecule has 0 saturated carbocycles. The molecular weight excluding hydrogens is 354 g/mol. The number of hydrogen-bond donors (Lipinski definition) is 1. The van der Waals surface area contributed by atoms with Gasteiger partial charge in [-0.05, 0) is 54.8 Å². The number of fused-ring (bicyclic) bond motifs is 3. The number of ether oxygens (including phenoxy) is 2. The largest absolute Gasteiger partial charge is 0.497 e. The number of nitrogens with one attached hydrogen (secondary N) is 1. The molecule has 1 aromatic heterocycles. The molecular formula is C23H26NO4+. The van der Waals surface area contributed by atoms with E-state index in [1.807, 2.05) is 24.3 Å². The smallest absolute Gasteiger partial charge is 0.336 e. The van der Waals surface area contributed by atoms with E-state index < -0.39 is 0 Å². The molecule has 1 aliphatic rings. The van der Waals surface area contributed by atoms with Crippen molar-refractivity contribution in [2.75, 3.05) is 13.8 Å². The minimum atomic E-state index is -0.283. The third-order valence-electron chi connectivity index (χ3n) is 5.33. The third kappa shape index (κ3) is 3.76. The van der Waals surface area contributed by atoms with Crippen LogP contribution in [0.5, 0.6) is 11.5 Å². The Kier molecular flexibility index (Phi) is 5.35. The lowest BCUT2D eigenvalue weighted by atomic mass is 10.0. The fourth-order valence-electron chi connectivity index (χ4n) is 3.83. The van der Waals surface area contributed by atoms with Crippen molar-refractivity contribution in [3.8, 4) is 11.5 Å². The second-order valence-corrected chi connectivity index (χ2v) is 7.35. The molecule has 1 aliphatic heterocycles. The van der Waals surface area contributed by atoms with Gasteiger partial charge >= 0.3 is 5.63 Å². The number of unbranched alkanes of at least 4 members (excludes halogenated alkanes) is 1. The van der Waals surface area contributed by atoms with E-state index in [4.69, 9.17) is 13.9 Å². The number of quaternary nitrogens is 1. The summed E-state index contributed by atoms with van der Waals surface area (Å²) in [6.07, 6.45) is 3.04. The summed E-state index contributed by atoms with van der Waals surface area (Å²) in [6, 6.07) is 13.8. The Morgan fingerprint density at radius 3 is 2.71 bits per heavy atom. The quantitative estimate of drug-likeness (QED) is 0.668. The fraction of sp³-hybridized carbons (Fsp3) is 0.348. The van der Waals surface area contributed by atoms with Gasteiger partial charge in [-0.15, -0.1) is 0 Å². The van der Waals surface area contributed by atoms with E-state index >= 15 is 0 Å². The maximum absolute atomic E-state index is 12.2. The zero-order valence-electron chi connectivity index (χ0n) is 16.4. The Morgan fingerprint density at radius 2 is 1.96 bits per heavy atom. The fourth-order valence-corrected chi connectivity index (χ4v) is 3.83. The van der Waals surface area contributed by atoms with Crippen molar-refractivity contribution in [3.05, 3.63) is 69.6 Å². The number of benzene rings is 2. The van der Waals surface area contributed by atoms with Gasteiger partial charge in [0, 0.05) is 17.0 Å². The topological polar surface area (TPSA) is 53.1 Å². The first-order chi connectivity index (χ1) is 13.7. The van der Waals surface area contributed by atoms with Gasteiger partial charge in [0.15, 0.2) is 5.58 Å². The molecule has 3 aromatic rings. The van der Waals surface area contributed by atoms with Gasteiger partial charge in [0.05, 0.1) is 12.7 Å². The van der Waals surface area contributed by atoms with Crippen LogP contribution in [0.3, 0.4) is 0 Å². The zero-order valence-corrected chi connectivity index (χ0v) is 16.4. The van der Waals surface area contributed by atoms with Crippen LogP contribution in [0, 0.1) is 0 Å². The Balaban J connectivity index is 1.64. The molecule has 0 fully saturated rings. The molecule has 5 nitrogen and oxygen atoms in total. The summed E-state index contributed by atoms with van der Waals surface area (Å²) in [6.45, 7) is 4.34. The first-order valence-corrected chi connectivity index (χ1v) is 9.86. The maximum atomic E-state index is 12.2. The van der Waals surface area contributed by atoms with Gasteiger partial charge in [-0.3, -0.25) is 4.90 Å². The van der Waals surface area contributed by atoms with E-state index in [9.17, 15) is 4.79 Å². The Labute approximate surface area is 164 Å². The second kappa shape index (κ2) is 8.07. The van der Waals surface area contributed by atoms with Crippen molar-refractivity contribution in [2.45, 2.75) is 39.3 Å². The lowest BCUT2D eigenvalue weighted by Gasteiger charge is -2.26. The zero-order chi connectivity index (χ0) is 19.5. The van der Waals surface area contributed by atoms with Gasteiger partial charge in [0.25, 0.3) is 0 Å². The second-order valence-electron chi connectivity index (χ2n) is 7.35. The average molecular weight is 380 g/mol. The van der Waals surface area contributed by atoms with E-state index in [0.29, 0.717) is 12.3 Å². The normalized spacial score (nSPS) is 15.9. The summed E-state index contributed by atoms with van der Waals surface area (Å²) in [5.74, 6) is 1.67. The highest BCUT2D eigenvalue weighted by Crippen LogP contribution is 2.30. The molecule has 0 amide bonds. The first-order valence-electron chi connectivity index (χ1n) is 9.86. The number of hydrogen-bond acceptors (Lipinski definition) is 4. The number of rotatable bonds is 6. The standard InChI is InChI=1S/C23H25NO4/c1-3-4-5-17-12-22(25)28-23-19(17)10-11-21-20(23)14-24(15-27-21)13-16-6-8-18(26-2)9-7-16/h6-12H,3-5,13-15H2,1-2H3/p+1. The predicted octanol–water partition coefficient (Wildman–Crippen LogP) is 3.08. The van der Waals surface area contributed by atoms with E-state index in [-0.39, 0.29) is 5.63 Å². The van der Waals surface area contributed by atoms with Crippen molar-refractivity contribution in [3.63, 3.8) is 0 Å². The lowest BCUT2D eigenvalue weighted by Crippen LogP contribution is -3.10. The average Bonchev–Trinajstić information content (AvgIpc) is 2.72. The molecule has 1 N–H and O–H groups in total. The van der Waals surface area contributed by atoms with Crippen LogP contribution >= 0.6 is 0 Å². The molecule has 0 saturated heterocycles. The predicted molar refractivity (Wildman–Crippen MR) is 108 cm³/mol. The van der Waals surface area contributed by atoms with E-state index in [0.717, 1.165) is 60.4 Å². The van der Waals surface area contributed by atoms with Crippen molar-refractivity contribution in [2.24, 2.45) is 0 Å². The number of methoxy groups -OCH3 is 1. The van der Waals surface area contributed by atoms with E-state index in [1.165, 1.54) is 10.5 Å². The van der Waals surface area contributed by atoms with Crippen LogP contribution in [0.1, 0.15) is 36.5 Å². The highest BCUT2D eigenvalue weighted by molar-refractivity contribution is 5.85. The van der Waals surface area contributed by atoms with Crippen molar-refractivity contribution < 1.29 is 18.8 Å². The molecule has 1 unspecified atom stereocenters. The van der Waals surface area contributed by atoms with Crippen LogP contribution in [0.25, 0.3) is 11.0 Å². The van der Waals surface area contributed by atoms with Gasteiger partial charge in [-0.1, -0.05) is 13.3 Å². The van der Waals surface area contributed by atoms with Gasteiger partial charge in [-0.2, -0.15) is 0 Å². The molecule has 0 spiro atoms. The van der Waals surface area contributed by atoms with Gasteiger partial charge in [0.1, 0.15) is 24.6 Å². The van der Waals surface area contributed by atoms with E-state index in [2.05, 4.69) is 19.1 Å². The molecule has 0 aliphatic carbocycles. The van der Waals surface area contributed by atoms with Crippen LogP contribution < -0.4 is 20.0 Å². The molecule has 4 rings (SSSR count). The van der Waals surface area contributed by atoms with Gasteiger partial charge < -0.3 is 13.9 Å². The Hall–Kier alpha value is -2.79. The lowest BCUT2D eigenvalue weighted by molar-refractivity contribution is -0.945. The summed E-state index contributed by atoms with van der Waals surface area (Å²) in [4.78, 5) is 13.4. The summed E-state index contributed by atoms with van der Waals surface area (Å²) in [7, 11) is 1.67.